The van der Waals surface area contributed by atoms with E-state index in [0.717, 1.165) is 24.3 Å². The third-order valence-corrected chi connectivity index (χ3v) is 6.02. The van der Waals surface area contributed by atoms with Crippen LogP contribution in [0.5, 0.6) is 0 Å². The van der Waals surface area contributed by atoms with Crippen LogP contribution in [-0.4, -0.2) is 41.0 Å². The number of fused-ring (bicyclic) bond motifs is 3. The second kappa shape index (κ2) is 6.67. The average molecular weight is 378 g/mol. The standard InChI is InChI=1S/C19H21Cl2N3O/c1-11-18(12-4-6-24(11)7-5-12)23-19(25)17-3-2-16(22-17)13-8-14(20)10-15(21)9-13/h2-3,8-12,18,22H,4-7H2,1H3,(H,23,25)/t11-,18-/m0/s1. The smallest absolute Gasteiger partial charge is 0.267 e. The molecule has 3 fully saturated rings. The van der Waals surface area contributed by atoms with Gasteiger partial charge in [0.25, 0.3) is 5.91 Å². The van der Waals surface area contributed by atoms with Gasteiger partial charge in [-0.1, -0.05) is 23.2 Å². The normalized spacial score (nSPS) is 28.1. The zero-order chi connectivity index (χ0) is 17.6. The van der Waals surface area contributed by atoms with Crippen molar-refractivity contribution in [3.8, 4) is 11.3 Å². The highest BCUT2D eigenvalue weighted by molar-refractivity contribution is 6.35. The SMILES string of the molecule is C[C@H]1[C@H](NC(=O)c2ccc(-c3cc(Cl)cc(Cl)c3)[nH]2)C2CCN1CC2. The molecule has 4 heterocycles. The van der Waals surface area contributed by atoms with Crippen molar-refractivity contribution in [2.24, 2.45) is 5.92 Å². The Morgan fingerprint density at radius 2 is 1.84 bits per heavy atom. The van der Waals surface area contributed by atoms with Crippen molar-refractivity contribution < 1.29 is 4.79 Å². The molecule has 2 aromatic rings. The quantitative estimate of drug-likeness (QED) is 0.841. The molecule has 132 valence electrons. The monoisotopic (exact) mass is 377 g/mol. The molecular weight excluding hydrogens is 357 g/mol. The fourth-order valence-electron chi connectivity index (χ4n) is 4.18. The number of aromatic nitrogens is 1. The number of hydrogen-bond donors (Lipinski definition) is 2. The summed E-state index contributed by atoms with van der Waals surface area (Å²) in [4.78, 5) is 18.4. The number of aromatic amines is 1. The fraction of sp³-hybridized carbons (Fsp3) is 0.421. The van der Waals surface area contributed by atoms with Crippen LogP contribution in [0, 0.1) is 5.92 Å². The number of nitrogens with one attached hydrogen (secondary N) is 2. The first-order chi connectivity index (χ1) is 12.0. The Kier molecular flexibility index (Phi) is 4.52. The molecule has 0 radical (unpaired) electrons. The van der Waals surface area contributed by atoms with Gasteiger partial charge in [-0.2, -0.15) is 0 Å². The summed E-state index contributed by atoms with van der Waals surface area (Å²) in [7, 11) is 0. The highest BCUT2D eigenvalue weighted by Crippen LogP contribution is 2.32. The second-order valence-electron chi connectivity index (χ2n) is 7.06. The van der Waals surface area contributed by atoms with Gasteiger partial charge in [-0.05, 0) is 69.1 Å². The Bertz CT molecular complexity index is 773. The van der Waals surface area contributed by atoms with Gasteiger partial charge in [0.1, 0.15) is 5.69 Å². The van der Waals surface area contributed by atoms with E-state index < -0.39 is 0 Å². The van der Waals surface area contributed by atoms with Crippen LogP contribution in [0.1, 0.15) is 30.3 Å². The molecule has 3 saturated heterocycles. The summed E-state index contributed by atoms with van der Waals surface area (Å²) in [5, 5.41) is 4.39. The molecule has 1 aromatic carbocycles. The number of H-pyrrole nitrogens is 1. The molecule has 0 aliphatic carbocycles. The molecule has 25 heavy (non-hydrogen) atoms. The molecule has 3 aliphatic rings. The van der Waals surface area contributed by atoms with E-state index in [-0.39, 0.29) is 11.9 Å². The van der Waals surface area contributed by atoms with E-state index >= 15 is 0 Å². The predicted molar refractivity (Wildman–Crippen MR) is 101 cm³/mol. The van der Waals surface area contributed by atoms with Gasteiger partial charge < -0.3 is 10.3 Å². The molecule has 0 unspecified atom stereocenters. The number of benzene rings is 1. The van der Waals surface area contributed by atoms with Crippen LogP contribution < -0.4 is 5.32 Å². The molecule has 1 amide bonds. The first-order valence-electron chi connectivity index (χ1n) is 8.71. The Morgan fingerprint density at radius 1 is 1.16 bits per heavy atom. The fourth-order valence-corrected chi connectivity index (χ4v) is 4.71. The highest BCUT2D eigenvalue weighted by atomic mass is 35.5. The number of piperidine rings is 3. The lowest BCUT2D eigenvalue weighted by atomic mass is 9.79. The van der Waals surface area contributed by atoms with E-state index in [0.29, 0.717) is 27.7 Å². The van der Waals surface area contributed by atoms with E-state index in [4.69, 9.17) is 23.2 Å². The summed E-state index contributed by atoms with van der Waals surface area (Å²) in [6.45, 7) is 4.52. The number of rotatable bonds is 3. The molecule has 0 spiro atoms. The summed E-state index contributed by atoms with van der Waals surface area (Å²) in [6, 6.07) is 9.67. The molecular formula is C19H21Cl2N3O. The maximum atomic E-state index is 12.7. The third-order valence-electron chi connectivity index (χ3n) is 5.58. The predicted octanol–water partition coefficient (Wildman–Crippen LogP) is 4.20. The van der Waals surface area contributed by atoms with Gasteiger partial charge in [-0.15, -0.1) is 0 Å². The largest absolute Gasteiger partial charge is 0.351 e. The van der Waals surface area contributed by atoms with Crippen molar-refractivity contribution in [2.75, 3.05) is 13.1 Å². The number of carbonyl (C=O) groups excluding carboxylic acids is 1. The zero-order valence-corrected chi connectivity index (χ0v) is 15.6. The number of amides is 1. The first kappa shape index (κ1) is 17.0. The van der Waals surface area contributed by atoms with Gasteiger partial charge >= 0.3 is 0 Å². The summed E-state index contributed by atoms with van der Waals surface area (Å²) in [6.07, 6.45) is 2.35. The summed E-state index contributed by atoms with van der Waals surface area (Å²) < 4.78 is 0. The first-order valence-corrected chi connectivity index (χ1v) is 9.47. The van der Waals surface area contributed by atoms with Gasteiger partial charge in [-0.25, -0.2) is 0 Å². The van der Waals surface area contributed by atoms with Crippen LogP contribution in [0.4, 0.5) is 0 Å². The molecule has 0 saturated carbocycles. The molecule has 2 atom stereocenters. The van der Waals surface area contributed by atoms with E-state index in [9.17, 15) is 4.79 Å². The van der Waals surface area contributed by atoms with Gasteiger partial charge in [-0.3, -0.25) is 9.69 Å². The molecule has 2 N–H and O–H groups in total. The van der Waals surface area contributed by atoms with E-state index in [1.54, 1.807) is 6.07 Å². The summed E-state index contributed by atoms with van der Waals surface area (Å²) in [5.74, 6) is 0.537. The van der Waals surface area contributed by atoms with Gasteiger partial charge in [0.15, 0.2) is 0 Å². The van der Waals surface area contributed by atoms with Crippen molar-refractivity contribution in [3.63, 3.8) is 0 Å². The second-order valence-corrected chi connectivity index (χ2v) is 7.93. The molecule has 5 rings (SSSR count). The van der Waals surface area contributed by atoms with Crippen molar-refractivity contribution in [1.29, 1.82) is 0 Å². The maximum Gasteiger partial charge on any atom is 0.267 e. The van der Waals surface area contributed by atoms with Crippen molar-refractivity contribution in [1.82, 2.24) is 15.2 Å². The zero-order valence-electron chi connectivity index (χ0n) is 14.1. The van der Waals surface area contributed by atoms with E-state index in [2.05, 4.69) is 22.1 Å². The van der Waals surface area contributed by atoms with Gasteiger partial charge in [0, 0.05) is 33.4 Å². The van der Waals surface area contributed by atoms with Crippen LogP contribution in [0.25, 0.3) is 11.3 Å². The topological polar surface area (TPSA) is 48.1 Å². The minimum Gasteiger partial charge on any atom is -0.351 e. The number of nitrogens with zero attached hydrogens (tertiary/aromatic N) is 1. The molecule has 3 aliphatic heterocycles. The lowest BCUT2D eigenvalue weighted by Crippen LogP contribution is -2.62. The van der Waals surface area contributed by atoms with Crippen LogP contribution in [0.2, 0.25) is 10.0 Å². The lowest BCUT2D eigenvalue weighted by molar-refractivity contribution is 0.0216. The van der Waals surface area contributed by atoms with Crippen molar-refractivity contribution >= 4 is 29.1 Å². The van der Waals surface area contributed by atoms with E-state index in [1.165, 1.54) is 12.8 Å². The van der Waals surface area contributed by atoms with Gasteiger partial charge in [0.2, 0.25) is 0 Å². The maximum absolute atomic E-state index is 12.7. The Hall–Kier alpha value is -1.49. The molecule has 2 bridgehead atoms. The Balaban J connectivity index is 1.51. The van der Waals surface area contributed by atoms with Crippen LogP contribution in [0.3, 0.4) is 0 Å². The summed E-state index contributed by atoms with van der Waals surface area (Å²) in [5.41, 5.74) is 2.26. The lowest BCUT2D eigenvalue weighted by Gasteiger charge is -2.49. The third kappa shape index (κ3) is 3.31. The molecule has 4 nitrogen and oxygen atoms in total. The highest BCUT2D eigenvalue weighted by Gasteiger charge is 2.40. The average Bonchev–Trinajstić information content (AvgIpc) is 3.08. The minimum atomic E-state index is -0.0509. The Labute approximate surface area is 157 Å². The minimum absolute atomic E-state index is 0.0509. The molecule has 6 heteroatoms. The number of hydrogen-bond acceptors (Lipinski definition) is 2. The van der Waals surface area contributed by atoms with Crippen molar-refractivity contribution in [2.45, 2.75) is 31.8 Å². The van der Waals surface area contributed by atoms with E-state index in [1.807, 2.05) is 24.3 Å². The van der Waals surface area contributed by atoms with Crippen molar-refractivity contribution in [3.05, 3.63) is 46.1 Å². The molecule has 1 aromatic heterocycles. The summed E-state index contributed by atoms with van der Waals surface area (Å²) >= 11 is 12.1. The Morgan fingerprint density at radius 3 is 2.48 bits per heavy atom. The van der Waals surface area contributed by atoms with Crippen LogP contribution in [0.15, 0.2) is 30.3 Å². The van der Waals surface area contributed by atoms with Crippen LogP contribution in [-0.2, 0) is 0 Å². The number of halogens is 2. The van der Waals surface area contributed by atoms with Crippen LogP contribution >= 0.6 is 23.2 Å². The van der Waals surface area contributed by atoms with Gasteiger partial charge in [0.05, 0.1) is 0 Å². The number of carbonyl (C=O) groups is 1.